The van der Waals surface area contributed by atoms with Gasteiger partial charge in [-0.1, -0.05) is 11.6 Å². The Morgan fingerprint density at radius 1 is 1.16 bits per heavy atom. The molecule has 3 N–H and O–H groups in total. The molecule has 0 aliphatic carbocycles. The summed E-state index contributed by atoms with van der Waals surface area (Å²) in [6, 6.07) is 15.5. The van der Waals surface area contributed by atoms with Gasteiger partial charge in [0.25, 0.3) is 5.91 Å². The third-order valence-corrected chi connectivity index (χ3v) is 3.52. The summed E-state index contributed by atoms with van der Waals surface area (Å²) in [5, 5.41) is 12.5. The number of hydrogen-bond acceptors (Lipinski definition) is 4. The predicted molar refractivity (Wildman–Crippen MR) is 100 cm³/mol. The lowest BCUT2D eigenvalue weighted by atomic mass is 10.2. The van der Waals surface area contributed by atoms with Crippen molar-refractivity contribution in [1.29, 1.82) is 5.26 Å². The first-order chi connectivity index (χ1) is 12.0. The summed E-state index contributed by atoms with van der Waals surface area (Å²) in [7, 11) is 0. The molecule has 0 saturated heterocycles. The normalized spacial score (nSPS) is 10.9. The maximum absolute atomic E-state index is 12.0. The van der Waals surface area contributed by atoms with Gasteiger partial charge in [-0.25, -0.2) is 0 Å². The summed E-state index contributed by atoms with van der Waals surface area (Å²) in [6.07, 6.45) is -0.751. The van der Waals surface area contributed by atoms with Gasteiger partial charge in [-0.3, -0.25) is 15.6 Å². The van der Waals surface area contributed by atoms with E-state index >= 15 is 0 Å². The van der Waals surface area contributed by atoms with Crippen LogP contribution in [0.3, 0.4) is 0 Å². The maximum atomic E-state index is 12.0. The number of carbonyl (C=O) groups excluding carboxylic acids is 1. The number of amides is 1. The van der Waals surface area contributed by atoms with Crippen LogP contribution in [-0.4, -0.2) is 17.1 Å². The van der Waals surface area contributed by atoms with Gasteiger partial charge < -0.3 is 10.1 Å². The highest BCUT2D eigenvalue weighted by molar-refractivity contribution is 7.80. The standard InChI is InChI=1S/C17H15ClN4O2S/c1-11(24-15-8-2-12(10-19)3-9-15)16(23)21-22-17(25)20-14-6-4-13(18)5-7-14/h2-9,11H,1H3,(H,21,23)(H2,20,22,25)/t11-/m1/s1. The summed E-state index contributed by atoms with van der Waals surface area (Å²) < 4.78 is 5.50. The second-order valence-corrected chi connectivity index (χ2v) is 5.82. The average Bonchev–Trinajstić information content (AvgIpc) is 2.62. The van der Waals surface area contributed by atoms with Crippen molar-refractivity contribution in [3.8, 4) is 11.8 Å². The van der Waals surface area contributed by atoms with Gasteiger partial charge in [0.05, 0.1) is 11.6 Å². The molecule has 0 radical (unpaired) electrons. The van der Waals surface area contributed by atoms with E-state index in [-0.39, 0.29) is 5.11 Å². The molecule has 2 rings (SSSR count). The molecule has 25 heavy (non-hydrogen) atoms. The Labute approximate surface area is 155 Å². The average molecular weight is 375 g/mol. The molecule has 1 amide bonds. The largest absolute Gasteiger partial charge is 0.481 e. The molecule has 2 aromatic rings. The molecule has 128 valence electrons. The molecule has 8 heteroatoms. The molecule has 0 aliphatic rings. The zero-order valence-electron chi connectivity index (χ0n) is 13.2. The number of hydrogen-bond donors (Lipinski definition) is 3. The van der Waals surface area contributed by atoms with E-state index in [9.17, 15) is 4.79 Å². The molecule has 0 aromatic heterocycles. The predicted octanol–water partition coefficient (Wildman–Crippen LogP) is 3.00. The maximum Gasteiger partial charge on any atom is 0.279 e. The topological polar surface area (TPSA) is 86.2 Å². The number of thiocarbonyl (C=S) groups is 1. The number of halogens is 1. The number of rotatable bonds is 4. The quantitative estimate of drug-likeness (QED) is 0.563. The second kappa shape index (κ2) is 8.87. The molecule has 0 aliphatic heterocycles. The molecular weight excluding hydrogens is 360 g/mol. The van der Waals surface area contributed by atoms with Gasteiger partial charge in [-0.05, 0) is 67.7 Å². The zero-order valence-corrected chi connectivity index (χ0v) is 14.8. The van der Waals surface area contributed by atoms with Gasteiger partial charge in [0.15, 0.2) is 11.2 Å². The first kappa shape index (κ1) is 18.5. The summed E-state index contributed by atoms with van der Waals surface area (Å²) in [5.41, 5.74) is 6.31. The molecule has 0 fully saturated rings. The van der Waals surface area contributed by atoms with Crippen LogP contribution in [0.4, 0.5) is 5.69 Å². The molecule has 0 bridgehead atoms. The Kier molecular flexibility index (Phi) is 6.57. The van der Waals surface area contributed by atoms with E-state index in [0.29, 0.717) is 16.3 Å². The number of nitrogens with one attached hydrogen (secondary N) is 3. The van der Waals surface area contributed by atoms with E-state index in [2.05, 4.69) is 16.2 Å². The molecule has 2 aromatic carbocycles. The number of ether oxygens (including phenoxy) is 1. The number of anilines is 1. The van der Waals surface area contributed by atoms with Gasteiger partial charge in [-0.15, -0.1) is 0 Å². The van der Waals surface area contributed by atoms with Crippen LogP contribution in [-0.2, 0) is 4.79 Å². The van der Waals surface area contributed by atoms with Crippen LogP contribution in [0, 0.1) is 11.3 Å². The number of benzene rings is 2. The van der Waals surface area contributed by atoms with E-state index in [1.165, 1.54) is 0 Å². The van der Waals surface area contributed by atoms with Crippen molar-refractivity contribution in [2.45, 2.75) is 13.0 Å². The highest BCUT2D eigenvalue weighted by atomic mass is 35.5. The van der Waals surface area contributed by atoms with Gasteiger partial charge in [-0.2, -0.15) is 5.26 Å². The summed E-state index contributed by atoms with van der Waals surface area (Å²) >= 11 is 10.9. The van der Waals surface area contributed by atoms with Crippen LogP contribution in [0.25, 0.3) is 0 Å². The fourth-order valence-electron chi connectivity index (χ4n) is 1.78. The SMILES string of the molecule is C[C@@H](Oc1ccc(C#N)cc1)C(=O)NNC(=S)Nc1ccc(Cl)cc1. The van der Waals surface area contributed by atoms with Crippen molar-refractivity contribution in [2.24, 2.45) is 0 Å². The van der Waals surface area contributed by atoms with Crippen molar-refractivity contribution in [3.63, 3.8) is 0 Å². The Morgan fingerprint density at radius 2 is 1.80 bits per heavy atom. The summed E-state index contributed by atoms with van der Waals surface area (Å²) in [5.74, 6) is 0.0909. The van der Waals surface area contributed by atoms with Crippen LogP contribution >= 0.6 is 23.8 Å². The highest BCUT2D eigenvalue weighted by Gasteiger charge is 2.14. The fourth-order valence-corrected chi connectivity index (χ4v) is 2.08. The van der Waals surface area contributed by atoms with Gasteiger partial charge >= 0.3 is 0 Å². The van der Waals surface area contributed by atoms with E-state index in [0.717, 1.165) is 5.69 Å². The lowest BCUT2D eigenvalue weighted by Gasteiger charge is -2.16. The first-order valence-corrected chi connectivity index (χ1v) is 8.06. The Morgan fingerprint density at radius 3 is 2.40 bits per heavy atom. The van der Waals surface area contributed by atoms with Crippen molar-refractivity contribution in [3.05, 3.63) is 59.1 Å². The van der Waals surface area contributed by atoms with Crippen LogP contribution < -0.4 is 20.9 Å². The Hall–Kier alpha value is -2.82. The number of carbonyl (C=O) groups is 1. The fraction of sp³-hybridized carbons (Fsp3) is 0.118. The molecule has 0 spiro atoms. The van der Waals surface area contributed by atoms with Crippen molar-refractivity contribution in [1.82, 2.24) is 10.9 Å². The molecule has 1 atom stereocenters. The van der Waals surface area contributed by atoms with E-state index in [4.69, 9.17) is 33.8 Å². The zero-order chi connectivity index (χ0) is 18.2. The monoisotopic (exact) mass is 374 g/mol. The Bertz CT molecular complexity index is 788. The molecule has 0 saturated carbocycles. The minimum absolute atomic E-state index is 0.223. The van der Waals surface area contributed by atoms with E-state index in [1.54, 1.807) is 55.5 Å². The highest BCUT2D eigenvalue weighted by Crippen LogP contribution is 2.14. The lowest BCUT2D eigenvalue weighted by Crippen LogP contribution is -2.48. The number of nitrogens with zero attached hydrogens (tertiary/aromatic N) is 1. The first-order valence-electron chi connectivity index (χ1n) is 7.27. The number of hydrazine groups is 1. The molecule has 6 nitrogen and oxygen atoms in total. The minimum Gasteiger partial charge on any atom is -0.481 e. The van der Waals surface area contributed by atoms with Crippen LogP contribution in [0.15, 0.2) is 48.5 Å². The Balaban J connectivity index is 1.79. The molecule has 0 heterocycles. The van der Waals surface area contributed by atoms with Crippen LogP contribution in [0.5, 0.6) is 5.75 Å². The summed E-state index contributed by atoms with van der Waals surface area (Å²) in [6.45, 7) is 1.60. The molecular formula is C17H15ClN4O2S. The third-order valence-electron chi connectivity index (χ3n) is 3.07. The number of nitriles is 1. The lowest BCUT2D eigenvalue weighted by molar-refractivity contribution is -0.127. The van der Waals surface area contributed by atoms with Gasteiger partial charge in [0.2, 0.25) is 0 Å². The van der Waals surface area contributed by atoms with Crippen molar-refractivity contribution < 1.29 is 9.53 Å². The van der Waals surface area contributed by atoms with Crippen LogP contribution in [0.1, 0.15) is 12.5 Å². The van der Waals surface area contributed by atoms with Gasteiger partial charge in [0.1, 0.15) is 5.75 Å². The second-order valence-electron chi connectivity index (χ2n) is 4.97. The van der Waals surface area contributed by atoms with Crippen molar-refractivity contribution >= 4 is 40.5 Å². The smallest absolute Gasteiger partial charge is 0.279 e. The van der Waals surface area contributed by atoms with E-state index < -0.39 is 12.0 Å². The third kappa shape index (κ3) is 5.95. The molecule has 0 unspecified atom stereocenters. The summed E-state index contributed by atoms with van der Waals surface area (Å²) in [4.78, 5) is 12.0. The van der Waals surface area contributed by atoms with Crippen LogP contribution in [0.2, 0.25) is 5.02 Å². The van der Waals surface area contributed by atoms with E-state index in [1.807, 2.05) is 6.07 Å². The minimum atomic E-state index is -0.751. The van der Waals surface area contributed by atoms with Crippen molar-refractivity contribution in [2.75, 3.05) is 5.32 Å². The van der Waals surface area contributed by atoms with Gasteiger partial charge in [0, 0.05) is 10.7 Å².